The zero-order chi connectivity index (χ0) is 28.3. The number of esters is 3. The van der Waals surface area contributed by atoms with Crippen LogP contribution in [-0.2, 0) is 23.9 Å². The lowest BCUT2D eigenvalue weighted by Crippen LogP contribution is -2.40. The summed E-state index contributed by atoms with van der Waals surface area (Å²) in [4.78, 5) is 49.0. The molecule has 1 aromatic carbocycles. The molecule has 1 aromatic rings. The van der Waals surface area contributed by atoms with E-state index in [9.17, 15) is 24.3 Å². The largest absolute Gasteiger partial charge is 0.480 e. The van der Waals surface area contributed by atoms with Gasteiger partial charge in [-0.1, -0.05) is 54.5 Å². The molecule has 0 fully saturated rings. The highest BCUT2D eigenvalue weighted by atomic mass is 16.6. The summed E-state index contributed by atoms with van der Waals surface area (Å²) in [6.07, 6.45) is 2.08. The molecule has 0 saturated heterocycles. The van der Waals surface area contributed by atoms with Crippen LogP contribution >= 0.6 is 0 Å². The number of rotatable bonds is 15. The number of carbonyl (C=O) groups is 4. The molecule has 4 unspecified atom stereocenters. The molecular weight excluding hydrogens is 478 g/mol. The first-order chi connectivity index (χ1) is 17.3. The van der Waals surface area contributed by atoms with Gasteiger partial charge in [0.1, 0.15) is 6.04 Å². The predicted octanol–water partition coefficient (Wildman–Crippen LogP) is 4.70. The van der Waals surface area contributed by atoms with Gasteiger partial charge in [-0.3, -0.25) is 19.2 Å². The lowest BCUT2D eigenvalue weighted by atomic mass is 9.82. The Morgan fingerprint density at radius 1 is 0.892 bits per heavy atom. The van der Waals surface area contributed by atoms with Crippen molar-refractivity contribution in [2.75, 3.05) is 6.61 Å². The third-order valence-corrected chi connectivity index (χ3v) is 6.52. The lowest BCUT2D eigenvalue weighted by molar-refractivity contribution is -0.146. The number of aliphatic carboxylic acids is 1. The molecule has 5 atom stereocenters. The van der Waals surface area contributed by atoms with Gasteiger partial charge in [-0.25, -0.2) is 0 Å². The van der Waals surface area contributed by atoms with E-state index in [0.717, 1.165) is 0 Å². The molecule has 208 valence electrons. The van der Waals surface area contributed by atoms with E-state index in [1.54, 1.807) is 26.8 Å². The maximum Gasteiger partial charge on any atom is 0.321 e. The van der Waals surface area contributed by atoms with E-state index in [2.05, 4.69) is 0 Å². The molecule has 9 heteroatoms. The van der Waals surface area contributed by atoms with Gasteiger partial charge in [0.2, 0.25) is 0 Å². The van der Waals surface area contributed by atoms with Gasteiger partial charge in [0.15, 0.2) is 11.5 Å². The van der Waals surface area contributed by atoms with E-state index in [0.29, 0.717) is 30.7 Å². The Bertz CT molecular complexity index is 929. The molecular formula is C28H43NO8. The number of carboxylic acids is 1. The van der Waals surface area contributed by atoms with Gasteiger partial charge in [-0.2, -0.15) is 0 Å². The minimum absolute atomic E-state index is 0.00294. The Labute approximate surface area is 220 Å². The first-order valence-electron chi connectivity index (χ1n) is 13.0. The van der Waals surface area contributed by atoms with Crippen LogP contribution in [0.1, 0.15) is 85.6 Å². The number of nitrogens with two attached hydrogens (primary N) is 1. The summed E-state index contributed by atoms with van der Waals surface area (Å²) in [6.45, 7) is 12.9. The van der Waals surface area contributed by atoms with Crippen molar-refractivity contribution < 1.29 is 38.5 Å². The summed E-state index contributed by atoms with van der Waals surface area (Å²) in [7, 11) is 0. The van der Waals surface area contributed by atoms with Crippen LogP contribution in [0.2, 0.25) is 0 Å². The Morgan fingerprint density at radius 2 is 1.43 bits per heavy atom. The fraction of sp³-hybridized carbons (Fsp3) is 0.643. The van der Waals surface area contributed by atoms with Crippen LogP contribution < -0.4 is 15.2 Å². The van der Waals surface area contributed by atoms with E-state index in [1.165, 1.54) is 12.1 Å². The quantitative estimate of drug-likeness (QED) is 0.248. The zero-order valence-corrected chi connectivity index (χ0v) is 23.1. The van der Waals surface area contributed by atoms with Crippen molar-refractivity contribution in [2.45, 2.75) is 86.1 Å². The third kappa shape index (κ3) is 10.1. The maximum absolute atomic E-state index is 12.6. The van der Waals surface area contributed by atoms with E-state index < -0.39 is 41.7 Å². The molecule has 0 amide bonds. The molecule has 37 heavy (non-hydrogen) atoms. The monoisotopic (exact) mass is 521 g/mol. The molecule has 9 nitrogen and oxygen atoms in total. The predicted molar refractivity (Wildman–Crippen MR) is 139 cm³/mol. The lowest BCUT2D eigenvalue weighted by Gasteiger charge is -2.28. The van der Waals surface area contributed by atoms with Crippen LogP contribution in [0.5, 0.6) is 11.5 Å². The summed E-state index contributed by atoms with van der Waals surface area (Å²) >= 11 is 0. The fourth-order valence-corrected chi connectivity index (χ4v) is 3.50. The van der Waals surface area contributed by atoms with Gasteiger partial charge < -0.3 is 25.1 Å². The molecule has 3 N–H and O–H groups in total. The first kappa shape index (κ1) is 32.1. The fourth-order valence-electron chi connectivity index (χ4n) is 3.50. The summed E-state index contributed by atoms with van der Waals surface area (Å²) in [5, 5.41) is 9.68. The van der Waals surface area contributed by atoms with Crippen molar-refractivity contribution in [1.29, 1.82) is 0 Å². The summed E-state index contributed by atoms with van der Waals surface area (Å²) in [5.74, 6) is -4.18. The molecule has 0 bridgehead atoms. The van der Waals surface area contributed by atoms with Crippen LogP contribution in [-0.4, -0.2) is 41.6 Å². The van der Waals surface area contributed by atoms with Gasteiger partial charge in [0.05, 0.1) is 18.4 Å². The van der Waals surface area contributed by atoms with Crippen LogP contribution in [0.4, 0.5) is 0 Å². The topological polar surface area (TPSA) is 142 Å². The van der Waals surface area contributed by atoms with Crippen molar-refractivity contribution in [1.82, 2.24) is 0 Å². The molecule has 0 aliphatic carbocycles. The molecule has 0 radical (unpaired) electrons. The molecule has 1 rings (SSSR count). The second-order valence-electron chi connectivity index (χ2n) is 10.1. The van der Waals surface area contributed by atoms with E-state index in [1.807, 2.05) is 27.7 Å². The van der Waals surface area contributed by atoms with Gasteiger partial charge in [-0.05, 0) is 48.8 Å². The van der Waals surface area contributed by atoms with Crippen LogP contribution in [0.3, 0.4) is 0 Å². The number of benzene rings is 1. The van der Waals surface area contributed by atoms with Crippen molar-refractivity contribution in [3.05, 3.63) is 23.8 Å². The van der Waals surface area contributed by atoms with Crippen molar-refractivity contribution in [3.8, 4) is 11.5 Å². The molecule has 0 heterocycles. The standard InChI is InChI=1S/C28H43NO8/c1-8-17(5)27(33)36-21-12-11-20(14-22(21)37-28(34)18(6)9-2)24(25(29)26(31)32)19(7)15-35-23(30)13-10-16(3)4/h11-12,14,16-19,24-25H,8-10,13,15,29H2,1-7H3,(H,31,32)/t17?,18?,19?,24?,25-/m0/s1. The smallest absolute Gasteiger partial charge is 0.321 e. The number of carbonyl (C=O) groups excluding carboxylic acids is 3. The van der Waals surface area contributed by atoms with Crippen molar-refractivity contribution in [3.63, 3.8) is 0 Å². The number of hydrogen-bond donors (Lipinski definition) is 2. The molecule has 0 saturated carbocycles. The van der Waals surface area contributed by atoms with E-state index in [4.69, 9.17) is 19.9 Å². The number of hydrogen-bond acceptors (Lipinski definition) is 8. The summed E-state index contributed by atoms with van der Waals surface area (Å²) in [6, 6.07) is 3.21. The van der Waals surface area contributed by atoms with Gasteiger partial charge >= 0.3 is 23.9 Å². The Balaban J connectivity index is 3.34. The van der Waals surface area contributed by atoms with Crippen LogP contribution in [0.25, 0.3) is 0 Å². The van der Waals surface area contributed by atoms with E-state index >= 15 is 0 Å². The normalized spacial score (nSPS) is 15.3. The van der Waals surface area contributed by atoms with Crippen molar-refractivity contribution in [2.24, 2.45) is 29.4 Å². The highest BCUT2D eigenvalue weighted by Gasteiger charge is 2.33. The zero-order valence-electron chi connectivity index (χ0n) is 23.1. The Hall–Kier alpha value is -2.94. The Morgan fingerprint density at radius 3 is 1.92 bits per heavy atom. The van der Waals surface area contributed by atoms with Gasteiger partial charge in [-0.15, -0.1) is 0 Å². The van der Waals surface area contributed by atoms with Crippen LogP contribution in [0.15, 0.2) is 18.2 Å². The maximum atomic E-state index is 12.6. The van der Waals surface area contributed by atoms with Gasteiger partial charge in [0.25, 0.3) is 0 Å². The SMILES string of the molecule is CCC(C)C(=O)Oc1ccc(C(C(C)COC(=O)CCC(C)C)[C@H](N)C(=O)O)cc1OC(=O)C(C)CC. The summed E-state index contributed by atoms with van der Waals surface area (Å²) in [5.41, 5.74) is 6.52. The van der Waals surface area contributed by atoms with Crippen molar-refractivity contribution >= 4 is 23.9 Å². The summed E-state index contributed by atoms with van der Waals surface area (Å²) < 4.78 is 16.5. The minimum Gasteiger partial charge on any atom is -0.480 e. The second-order valence-corrected chi connectivity index (χ2v) is 10.1. The highest BCUT2D eigenvalue weighted by Crippen LogP contribution is 2.36. The van der Waals surface area contributed by atoms with Crippen LogP contribution in [0, 0.1) is 23.7 Å². The molecule has 0 aliphatic heterocycles. The second kappa shape index (κ2) is 15.3. The average Bonchev–Trinajstić information content (AvgIpc) is 2.86. The average molecular weight is 522 g/mol. The number of carboxylic acid groups (broad SMARTS) is 1. The minimum atomic E-state index is -1.32. The van der Waals surface area contributed by atoms with E-state index in [-0.39, 0.29) is 36.4 Å². The molecule has 0 aromatic heterocycles. The molecule has 0 spiro atoms. The first-order valence-corrected chi connectivity index (χ1v) is 13.0. The highest BCUT2D eigenvalue weighted by molar-refractivity contribution is 5.79. The Kier molecular flexibility index (Phi) is 13.3. The third-order valence-electron chi connectivity index (χ3n) is 6.52. The molecule has 0 aliphatic rings. The van der Waals surface area contributed by atoms with Gasteiger partial charge in [0, 0.05) is 12.3 Å². The number of ether oxygens (including phenoxy) is 3.